The van der Waals surface area contributed by atoms with Gasteiger partial charge < -0.3 is 5.32 Å². The first-order valence-electron chi connectivity index (χ1n) is 2.00. The van der Waals surface area contributed by atoms with E-state index in [1.54, 1.807) is 6.54 Å². The van der Waals surface area contributed by atoms with Gasteiger partial charge >= 0.3 is 0 Å². The maximum absolute atomic E-state index is 10.1. The van der Waals surface area contributed by atoms with E-state index in [1.165, 1.54) is 0 Å². The minimum atomic E-state index is 0. The van der Waals surface area contributed by atoms with Crippen LogP contribution in [0.4, 0.5) is 0 Å². The summed E-state index contributed by atoms with van der Waals surface area (Å²) in [5.41, 5.74) is 0. The molecule has 0 spiro atoms. The molecule has 1 amide bonds. The summed E-state index contributed by atoms with van der Waals surface area (Å²) in [5.74, 6) is 0.148. The number of rotatable bonds is 0. The van der Waals surface area contributed by atoms with E-state index in [0.717, 1.165) is 6.42 Å². The van der Waals surface area contributed by atoms with Crippen molar-refractivity contribution >= 4 is 5.91 Å². The molecule has 0 aromatic rings. The topological polar surface area (TPSA) is 29.1 Å². The predicted molar refractivity (Wildman–Crippen MR) is 21.7 cm³/mol. The van der Waals surface area contributed by atoms with Gasteiger partial charge in [0, 0.05) is 19.5 Å². The Bertz CT molecular complexity index is 66.1. The fraction of sp³-hybridized carbons (Fsp3) is 0.500. The van der Waals surface area contributed by atoms with Crippen LogP contribution in [0.1, 0.15) is 12.8 Å². The largest absolute Gasteiger partial charge is 0.506 e. The smallest absolute Gasteiger partial charge is 0.188 e. The van der Waals surface area contributed by atoms with Gasteiger partial charge in [0.2, 0.25) is 0 Å². The van der Waals surface area contributed by atoms with Crippen molar-refractivity contribution in [3.63, 3.8) is 0 Å². The molecule has 7 heavy (non-hydrogen) atoms. The molecular weight excluding hydrogens is 143 g/mol. The van der Waals surface area contributed by atoms with Gasteiger partial charge in [0.1, 0.15) is 0 Å². The fourth-order valence-electron chi connectivity index (χ4n) is 0.461. The number of carbonyl (C=O) groups is 1. The van der Waals surface area contributed by atoms with Crippen LogP contribution in [-0.4, -0.2) is 5.91 Å². The van der Waals surface area contributed by atoms with Crippen LogP contribution in [0.2, 0.25) is 0 Å². The average molecular weight is 149 g/mol. The monoisotopic (exact) mass is 148 g/mol. The number of carbonyl (C=O) groups excluding carboxylic acids is 1. The molecule has 1 aliphatic heterocycles. The zero-order chi connectivity index (χ0) is 4.41. The molecule has 1 aliphatic rings. The molecule has 1 N–H and O–H groups in total. The van der Waals surface area contributed by atoms with Gasteiger partial charge in [-0.1, -0.05) is 0 Å². The van der Waals surface area contributed by atoms with E-state index in [9.17, 15) is 4.79 Å². The van der Waals surface area contributed by atoms with Gasteiger partial charge in [-0.05, 0) is 6.42 Å². The molecule has 0 aliphatic carbocycles. The first kappa shape index (κ1) is 7.09. The number of hydrogen-bond donors (Lipinski definition) is 1. The van der Waals surface area contributed by atoms with Gasteiger partial charge in [0.15, 0.2) is 5.91 Å². The molecule has 3 heteroatoms. The van der Waals surface area contributed by atoms with Gasteiger partial charge in [-0.3, -0.25) is 4.79 Å². The molecule has 36 valence electrons. The van der Waals surface area contributed by atoms with Gasteiger partial charge in [-0.15, -0.1) is 0 Å². The van der Waals surface area contributed by atoms with Crippen molar-refractivity contribution in [3.8, 4) is 0 Å². The van der Waals surface area contributed by atoms with Crippen LogP contribution in [-0.2, 0) is 24.3 Å². The number of nitrogens with one attached hydrogen (secondary N) is 1. The Morgan fingerprint density at radius 2 is 2.43 bits per heavy atom. The van der Waals surface area contributed by atoms with Crippen molar-refractivity contribution in [2.45, 2.75) is 12.8 Å². The van der Waals surface area contributed by atoms with Crippen molar-refractivity contribution in [2.75, 3.05) is 0 Å². The first-order valence-corrected chi connectivity index (χ1v) is 2.00. The van der Waals surface area contributed by atoms with E-state index >= 15 is 0 Å². The second-order valence-corrected chi connectivity index (χ2v) is 1.31. The van der Waals surface area contributed by atoms with E-state index in [2.05, 4.69) is 5.32 Å². The van der Waals surface area contributed by atoms with Gasteiger partial charge in [0.25, 0.3) is 0 Å². The molecule has 1 saturated heterocycles. The zero-order valence-electron chi connectivity index (χ0n) is 4.11. The molecule has 1 fully saturated rings. The molecule has 0 saturated carbocycles. The SMILES string of the molecule is O=C1CC[CH-]N1.[Zn]. The molecule has 1 rings (SSSR count). The van der Waals surface area contributed by atoms with E-state index in [4.69, 9.17) is 0 Å². The summed E-state index contributed by atoms with van der Waals surface area (Å²) >= 11 is 0. The van der Waals surface area contributed by atoms with E-state index in [0.29, 0.717) is 6.42 Å². The zero-order valence-corrected chi connectivity index (χ0v) is 7.07. The van der Waals surface area contributed by atoms with Crippen LogP contribution in [0.3, 0.4) is 0 Å². The molecule has 1 heterocycles. The third-order valence-corrected chi connectivity index (χ3v) is 0.779. The van der Waals surface area contributed by atoms with Crippen molar-refractivity contribution < 1.29 is 24.3 Å². The van der Waals surface area contributed by atoms with Gasteiger partial charge in [0.05, 0.1) is 0 Å². The van der Waals surface area contributed by atoms with Crippen molar-refractivity contribution in [1.29, 1.82) is 0 Å². The van der Waals surface area contributed by atoms with Gasteiger partial charge in [-0.2, -0.15) is 6.42 Å². The Morgan fingerprint density at radius 3 is 2.57 bits per heavy atom. The van der Waals surface area contributed by atoms with Crippen LogP contribution >= 0.6 is 0 Å². The van der Waals surface area contributed by atoms with E-state index in [-0.39, 0.29) is 25.4 Å². The standard InChI is InChI=1S/C4H6NO.Zn/c6-4-2-1-3-5-4;/h3H,1-2H2,(H,5,6);/q-1;. The maximum Gasteiger partial charge on any atom is 0.188 e. The molecule has 0 bridgehead atoms. The Hall–Kier alpha value is 0.0934. The summed E-state index contributed by atoms with van der Waals surface area (Å²) < 4.78 is 0. The minimum Gasteiger partial charge on any atom is -0.506 e. The predicted octanol–water partition coefficient (Wildman–Crippen LogP) is 0.0557. The summed E-state index contributed by atoms with van der Waals surface area (Å²) in [6.45, 7) is 1.78. The van der Waals surface area contributed by atoms with Crippen LogP contribution < -0.4 is 5.32 Å². The van der Waals surface area contributed by atoms with Crippen LogP contribution in [0.25, 0.3) is 0 Å². The average Bonchev–Trinajstić information content (AvgIpc) is 1.86. The molecule has 0 aromatic heterocycles. The van der Waals surface area contributed by atoms with Crippen molar-refractivity contribution in [3.05, 3.63) is 6.54 Å². The Balaban J connectivity index is 0.000000360. The molecule has 2 nitrogen and oxygen atoms in total. The first-order chi connectivity index (χ1) is 2.89. The summed E-state index contributed by atoms with van der Waals surface area (Å²) in [7, 11) is 0. The minimum absolute atomic E-state index is 0. The number of hydrogen-bond acceptors (Lipinski definition) is 1. The van der Waals surface area contributed by atoms with Crippen LogP contribution in [0, 0.1) is 6.54 Å². The Morgan fingerprint density at radius 1 is 1.71 bits per heavy atom. The van der Waals surface area contributed by atoms with Crippen molar-refractivity contribution in [2.24, 2.45) is 0 Å². The van der Waals surface area contributed by atoms with Crippen molar-refractivity contribution in [1.82, 2.24) is 5.32 Å². The van der Waals surface area contributed by atoms with Gasteiger partial charge in [-0.25, -0.2) is 6.54 Å². The number of amides is 1. The molecular formula is C4H6NOZn-. The van der Waals surface area contributed by atoms with E-state index < -0.39 is 0 Å². The third-order valence-electron chi connectivity index (χ3n) is 0.779. The summed E-state index contributed by atoms with van der Waals surface area (Å²) in [5, 5.41) is 2.56. The molecule has 0 aromatic carbocycles. The third kappa shape index (κ3) is 2.03. The van der Waals surface area contributed by atoms with E-state index in [1.807, 2.05) is 0 Å². The maximum atomic E-state index is 10.1. The second-order valence-electron chi connectivity index (χ2n) is 1.31. The fourth-order valence-corrected chi connectivity index (χ4v) is 0.461. The van der Waals surface area contributed by atoms with Crippen LogP contribution in [0.15, 0.2) is 0 Å². The summed E-state index contributed by atoms with van der Waals surface area (Å²) in [6, 6.07) is 0. The summed E-state index contributed by atoms with van der Waals surface area (Å²) in [6.07, 6.45) is 1.58. The summed E-state index contributed by atoms with van der Waals surface area (Å²) in [4.78, 5) is 10.1. The molecule has 0 atom stereocenters. The normalized spacial score (nSPS) is 18.0. The quantitative estimate of drug-likeness (QED) is 0.383. The Kier molecular flexibility index (Phi) is 3.18. The Labute approximate surface area is 55.4 Å². The van der Waals surface area contributed by atoms with Crippen LogP contribution in [0.5, 0.6) is 0 Å². The second kappa shape index (κ2) is 3.14. The molecule has 0 radical (unpaired) electrons. The molecule has 0 unspecified atom stereocenters.